The van der Waals surface area contributed by atoms with E-state index in [0.717, 1.165) is 49.3 Å². The van der Waals surface area contributed by atoms with E-state index in [-0.39, 0.29) is 35.5 Å². The minimum absolute atomic E-state index is 0.0610. The second-order valence-electron chi connectivity index (χ2n) is 9.89. The third kappa shape index (κ3) is 4.10. The molecule has 35 heavy (non-hydrogen) atoms. The molecule has 3 fully saturated rings. The summed E-state index contributed by atoms with van der Waals surface area (Å²) in [6.07, 6.45) is 4.89. The second-order valence-corrected chi connectivity index (χ2v) is 11.5. The number of hydrogen-bond acceptors (Lipinski definition) is 5. The Morgan fingerprint density at radius 1 is 1.09 bits per heavy atom. The van der Waals surface area contributed by atoms with Crippen LogP contribution >= 0.6 is 11.8 Å². The third-order valence-electron chi connectivity index (χ3n) is 7.92. The van der Waals surface area contributed by atoms with Crippen molar-refractivity contribution in [3.8, 4) is 0 Å². The maximum absolute atomic E-state index is 13.9. The number of thioether (sulfide) groups is 1. The van der Waals surface area contributed by atoms with Crippen LogP contribution in [0, 0.1) is 11.8 Å². The van der Waals surface area contributed by atoms with E-state index in [1.807, 2.05) is 42.5 Å². The molecule has 3 N–H and O–H groups in total. The van der Waals surface area contributed by atoms with Gasteiger partial charge in [0, 0.05) is 31.1 Å². The van der Waals surface area contributed by atoms with E-state index in [4.69, 9.17) is 5.11 Å². The first-order valence-electron chi connectivity index (χ1n) is 12.6. The van der Waals surface area contributed by atoms with Gasteiger partial charge in [0.2, 0.25) is 17.7 Å². The number of hydrogen-bond donors (Lipinski definition) is 3. The monoisotopic (exact) mass is 495 g/mol. The van der Waals surface area contributed by atoms with Crippen LogP contribution in [0.2, 0.25) is 0 Å². The first kappa shape index (κ1) is 24.1. The number of amides is 3. The molecule has 2 bridgehead atoms. The number of aliphatic hydroxyl groups is 1. The number of carbonyl (C=O) groups excluding carboxylic acids is 3. The Hall–Kier alpha value is -2.58. The summed E-state index contributed by atoms with van der Waals surface area (Å²) in [5, 5.41) is 17.1. The molecular weight excluding hydrogens is 462 g/mol. The Labute approximate surface area is 210 Å². The summed E-state index contributed by atoms with van der Waals surface area (Å²) in [6.45, 7) is 0.653. The lowest BCUT2D eigenvalue weighted by molar-refractivity contribution is -0.139. The van der Waals surface area contributed by atoms with Gasteiger partial charge in [-0.2, -0.15) is 0 Å². The molecular formula is C27H33N3O4S. The van der Waals surface area contributed by atoms with Gasteiger partial charge in [0.25, 0.3) is 0 Å². The van der Waals surface area contributed by atoms with Crippen LogP contribution in [0.1, 0.15) is 38.5 Å². The van der Waals surface area contributed by atoms with E-state index in [0.29, 0.717) is 12.2 Å². The van der Waals surface area contributed by atoms with Crippen LogP contribution in [0.3, 0.4) is 0 Å². The lowest BCUT2D eigenvalue weighted by Crippen LogP contribution is -2.51. The molecule has 3 heterocycles. The Kier molecular flexibility index (Phi) is 6.77. The first-order valence-corrected chi connectivity index (χ1v) is 13.5. The minimum Gasteiger partial charge on any atom is -0.396 e. The smallest absolute Gasteiger partial charge is 0.248 e. The van der Waals surface area contributed by atoms with Crippen molar-refractivity contribution >= 4 is 45.9 Å². The molecule has 1 spiro atoms. The summed E-state index contributed by atoms with van der Waals surface area (Å²) in [7, 11) is 1.62. The second kappa shape index (κ2) is 9.82. The molecule has 2 unspecified atom stereocenters. The van der Waals surface area contributed by atoms with E-state index >= 15 is 0 Å². The fourth-order valence-electron chi connectivity index (χ4n) is 6.39. The Balaban J connectivity index is 1.43. The number of nitrogens with one attached hydrogen (secondary N) is 2. The van der Waals surface area contributed by atoms with Crippen molar-refractivity contribution in [3.05, 3.63) is 42.5 Å². The van der Waals surface area contributed by atoms with Gasteiger partial charge in [-0.05, 0) is 48.6 Å². The molecule has 186 valence electrons. The van der Waals surface area contributed by atoms with Crippen molar-refractivity contribution in [1.29, 1.82) is 0 Å². The van der Waals surface area contributed by atoms with Crippen molar-refractivity contribution in [2.24, 2.45) is 11.8 Å². The van der Waals surface area contributed by atoms with Crippen molar-refractivity contribution in [2.45, 2.75) is 54.6 Å². The summed E-state index contributed by atoms with van der Waals surface area (Å²) >= 11 is 1.69. The standard InChI is InChI=1S/C27H33N3O4S/c1-28-24(32)21-20-12-13-27(35-20)22(21)26(34)30(14-6-2-3-7-15-31)23(27)25(33)29-19-11-10-17-8-4-5-9-18(17)16-19/h4-5,8-11,16,20-23,31H,2-3,6-7,12-15H2,1H3,(H,28,32)(H,29,33)/t20-,21+,22+,23?,27?/m1/s1. The quantitative estimate of drug-likeness (QED) is 0.464. The molecule has 5 rings (SSSR count). The molecule has 5 atom stereocenters. The zero-order valence-corrected chi connectivity index (χ0v) is 20.9. The average Bonchev–Trinajstić information content (AvgIpc) is 3.51. The molecule has 8 heteroatoms. The molecule has 2 aromatic rings. The number of aliphatic hydroxyl groups excluding tert-OH is 1. The van der Waals surface area contributed by atoms with E-state index in [9.17, 15) is 14.4 Å². The van der Waals surface area contributed by atoms with Crippen LogP contribution in [0.4, 0.5) is 5.69 Å². The molecule has 3 aliphatic rings. The first-order chi connectivity index (χ1) is 17.0. The van der Waals surface area contributed by atoms with Gasteiger partial charge in [-0.1, -0.05) is 43.2 Å². The number of fused-ring (bicyclic) bond motifs is 2. The van der Waals surface area contributed by atoms with Gasteiger partial charge in [-0.25, -0.2) is 0 Å². The SMILES string of the molecule is CNC(=O)[C@@H]1[C@H]2C(=O)N(CCCCCCO)C(C(=O)Nc3ccc4ccccc4c3)C23CC[C@H]1S3. The van der Waals surface area contributed by atoms with Gasteiger partial charge in [0.05, 0.1) is 16.6 Å². The average molecular weight is 496 g/mol. The lowest BCUT2D eigenvalue weighted by Gasteiger charge is -2.34. The number of carbonyl (C=O) groups is 3. The molecule has 7 nitrogen and oxygen atoms in total. The van der Waals surface area contributed by atoms with Gasteiger partial charge in [0.15, 0.2) is 0 Å². The van der Waals surface area contributed by atoms with Crippen LogP contribution in [0.15, 0.2) is 42.5 Å². The number of nitrogens with zero attached hydrogens (tertiary/aromatic N) is 1. The highest BCUT2D eigenvalue weighted by Gasteiger charge is 2.73. The summed E-state index contributed by atoms with van der Waals surface area (Å²) in [5.41, 5.74) is 0.712. The molecule has 3 amide bonds. The van der Waals surface area contributed by atoms with Gasteiger partial charge in [-0.15, -0.1) is 11.8 Å². The van der Waals surface area contributed by atoms with E-state index in [2.05, 4.69) is 10.6 Å². The predicted molar refractivity (Wildman–Crippen MR) is 138 cm³/mol. The number of benzene rings is 2. The van der Waals surface area contributed by atoms with Crippen LogP contribution in [-0.2, 0) is 14.4 Å². The number of rotatable bonds is 9. The molecule has 0 radical (unpaired) electrons. The fraction of sp³-hybridized carbons (Fsp3) is 0.519. The van der Waals surface area contributed by atoms with E-state index < -0.39 is 16.7 Å². The highest BCUT2D eigenvalue weighted by atomic mass is 32.2. The third-order valence-corrected chi connectivity index (χ3v) is 9.87. The molecule has 0 aromatic heterocycles. The Morgan fingerprint density at radius 3 is 2.63 bits per heavy atom. The van der Waals surface area contributed by atoms with Gasteiger partial charge < -0.3 is 20.6 Å². The zero-order chi connectivity index (χ0) is 24.6. The summed E-state index contributed by atoms with van der Waals surface area (Å²) in [4.78, 5) is 42.2. The maximum atomic E-state index is 13.9. The van der Waals surface area contributed by atoms with Crippen molar-refractivity contribution in [1.82, 2.24) is 10.2 Å². The summed E-state index contributed by atoms with van der Waals surface area (Å²) in [5.74, 6) is -1.18. The van der Waals surface area contributed by atoms with Crippen LogP contribution in [-0.4, -0.2) is 64.0 Å². The van der Waals surface area contributed by atoms with Crippen molar-refractivity contribution in [3.63, 3.8) is 0 Å². The highest BCUT2D eigenvalue weighted by Crippen LogP contribution is 2.66. The highest BCUT2D eigenvalue weighted by molar-refractivity contribution is 8.02. The van der Waals surface area contributed by atoms with Crippen molar-refractivity contribution in [2.75, 3.05) is 25.5 Å². The number of unbranched alkanes of at least 4 members (excludes halogenated alkanes) is 3. The topological polar surface area (TPSA) is 98.7 Å². The Bertz CT molecular complexity index is 1140. The summed E-state index contributed by atoms with van der Waals surface area (Å²) < 4.78 is -0.565. The Morgan fingerprint density at radius 2 is 1.86 bits per heavy atom. The maximum Gasteiger partial charge on any atom is 0.248 e. The van der Waals surface area contributed by atoms with Crippen LogP contribution in [0.25, 0.3) is 10.8 Å². The molecule has 0 saturated carbocycles. The van der Waals surface area contributed by atoms with Gasteiger partial charge in [-0.3, -0.25) is 14.4 Å². The van der Waals surface area contributed by atoms with Gasteiger partial charge >= 0.3 is 0 Å². The fourth-order valence-corrected chi connectivity index (χ4v) is 8.61. The zero-order valence-electron chi connectivity index (χ0n) is 20.0. The number of likely N-dealkylation sites (tertiary alicyclic amines) is 1. The molecule has 2 aromatic carbocycles. The van der Waals surface area contributed by atoms with Crippen LogP contribution in [0.5, 0.6) is 0 Å². The molecule has 0 aliphatic carbocycles. The lowest BCUT2D eigenvalue weighted by atomic mass is 9.71. The number of anilines is 1. The summed E-state index contributed by atoms with van der Waals surface area (Å²) in [6, 6.07) is 13.3. The minimum atomic E-state index is -0.603. The predicted octanol–water partition coefficient (Wildman–Crippen LogP) is 3.17. The molecule has 3 aliphatic heterocycles. The van der Waals surface area contributed by atoms with Crippen LogP contribution < -0.4 is 10.6 Å². The molecule has 3 saturated heterocycles. The normalized spacial score (nSPS) is 29.0. The largest absolute Gasteiger partial charge is 0.396 e. The van der Waals surface area contributed by atoms with E-state index in [1.54, 1.807) is 23.7 Å². The van der Waals surface area contributed by atoms with Crippen molar-refractivity contribution < 1.29 is 19.5 Å². The van der Waals surface area contributed by atoms with Gasteiger partial charge in [0.1, 0.15) is 6.04 Å². The van der Waals surface area contributed by atoms with E-state index in [1.165, 1.54) is 0 Å².